The molecule has 0 amide bonds. The van der Waals surface area contributed by atoms with Gasteiger partial charge in [-0.2, -0.15) is 0 Å². The van der Waals surface area contributed by atoms with Gasteiger partial charge in [0, 0.05) is 24.5 Å². The van der Waals surface area contributed by atoms with Crippen molar-refractivity contribution < 1.29 is 5.11 Å². The van der Waals surface area contributed by atoms with Crippen LogP contribution < -0.4 is 4.90 Å². The molecule has 0 aliphatic rings. The van der Waals surface area contributed by atoms with E-state index in [4.69, 9.17) is 4.98 Å². The van der Waals surface area contributed by atoms with Gasteiger partial charge in [-0.15, -0.1) is 0 Å². The lowest BCUT2D eigenvalue weighted by Gasteiger charge is -2.27. The molecule has 0 aliphatic carbocycles. The number of para-hydroxylation sites is 1. The van der Waals surface area contributed by atoms with Crippen molar-refractivity contribution in [2.45, 2.75) is 19.4 Å². The fourth-order valence-electron chi connectivity index (χ4n) is 2.72. The third-order valence-electron chi connectivity index (χ3n) is 3.60. The normalized spacial score (nSPS) is 11.7. The first-order valence-corrected chi connectivity index (χ1v) is 7.70. The van der Waals surface area contributed by atoms with E-state index >= 15 is 0 Å². The minimum atomic E-state index is -0.798. The second kappa shape index (κ2) is 5.97. The zero-order valence-corrected chi connectivity index (χ0v) is 13.7. The Hall–Kier alpha value is -2.46. The number of rotatable bonds is 4. The number of anilines is 1. The van der Waals surface area contributed by atoms with Crippen molar-refractivity contribution in [3.63, 3.8) is 0 Å². The average molecular weight is 307 g/mol. The Kier molecular flexibility index (Phi) is 4.01. The molecule has 0 atom stereocenters. The number of likely N-dealkylation sites (N-methyl/N-ethyl adjacent to an activating group) is 1. The summed E-state index contributed by atoms with van der Waals surface area (Å²) in [6.07, 6.45) is 0. The molecule has 3 aromatic rings. The number of nitrogens with zero attached hydrogens (tertiary/aromatic N) is 3. The summed E-state index contributed by atoms with van der Waals surface area (Å²) in [7, 11) is 1.95. The Morgan fingerprint density at radius 3 is 2.30 bits per heavy atom. The molecular formula is C19H21N3O. The largest absolute Gasteiger partial charge is 0.389 e. The molecule has 0 bridgehead atoms. The highest BCUT2D eigenvalue weighted by Gasteiger charge is 2.19. The Bertz CT molecular complexity index is 810. The van der Waals surface area contributed by atoms with Gasteiger partial charge in [0.1, 0.15) is 5.82 Å². The van der Waals surface area contributed by atoms with Crippen molar-refractivity contribution in [2.75, 3.05) is 18.5 Å². The van der Waals surface area contributed by atoms with Gasteiger partial charge in [-0.25, -0.2) is 9.97 Å². The van der Waals surface area contributed by atoms with Crippen LogP contribution in [0.3, 0.4) is 0 Å². The fourth-order valence-corrected chi connectivity index (χ4v) is 2.72. The fraction of sp³-hybridized carbons (Fsp3) is 0.263. The summed E-state index contributed by atoms with van der Waals surface area (Å²) in [6, 6.07) is 17.9. The molecule has 23 heavy (non-hydrogen) atoms. The van der Waals surface area contributed by atoms with E-state index in [0.29, 0.717) is 12.4 Å². The molecule has 4 heteroatoms. The highest BCUT2D eigenvalue weighted by Crippen LogP contribution is 2.27. The zero-order chi connectivity index (χ0) is 16.4. The maximum Gasteiger partial charge on any atom is 0.162 e. The molecule has 0 unspecified atom stereocenters. The molecule has 0 aliphatic heterocycles. The molecule has 1 heterocycles. The van der Waals surface area contributed by atoms with Crippen molar-refractivity contribution in [3.05, 3.63) is 54.6 Å². The highest BCUT2D eigenvalue weighted by atomic mass is 16.3. The first kappa shape index (κ1) is 15.4. The van der Waals surface area contributed by atoms with Gasteiger partial charge in [-0.3, -0.25) is 0 Å². The van der Waals surface area contributed by atoms with Crippen LogP contribution in [0.2, 0.25) is 0 Å². The topological polar surface area (TPSA) is 49.2 Å². The summed E-state index contributed by atoms with van der Waals surface area (Å²) < 4.78 is 0. The van der Waals surface area contributed by atoms with E-state index < -0.39 is 5.60 Å². The van der Waals surface area contributed by atoms with Crippen LogP contribution in [0, 0.1) is 0 Å². The minimum Gasteiger partial charge on any atom is -0.389 e. The lowest BCUT2D eigenvalue weighted by atomic mass is 10.1. The van der Waals surface area contributed by atoms with Crippen molar-refractivity contribution in [1.82, 2.24) is 9.97 Å². The molecule has 0 radical (unpaired) electrons. The van der Waals surface area contributed by atoms with E-state index in [2.05, 4.69) is 4.98 Å². The molecule has 1 aromatic heterocycles. The molecule has 0 fully saturated rings. The van der Waals surface area contributed by atoms with E-state index in [9.17, 15) is 5.11 Å². The van der Waals surface area contributed by atoms with E-state index in [1.807, 2.05) is 66.5 Å². The van der Waals surface area contributed by atoms with Crippen LogP contribution in [0.1, 0.15) is 13.8 Å². The van der Waals surface area contributed by atoms with Crippen molar-refractivity contribution >= 4 is 16.7 Å². The number of benzene rings is 2. The standard InChI is InChI=1S/C19H21N3O/c1-19(2,23)13-22(3)18-15-11-7-8-12-16(15)20-17(21-18)14-9-5-4-6-10-14/h4-12,23H,13H2,1-3H3. The Balaban J connectivity index is 2.15. The lowest BCUT2D eigenvalue weighted by molar-refractivity contribution is 0.0885. The number of aromatic nitrogens is 2. The van der Waals surface area contributed by atoms with Gasteiger partial charge in [0.15, 0.2) is 5.82 Å². The Morgan fingerprint density at radius 1 is 0.957 bits per heavy atom. The predicted molar refractivity (Wildman–Crippen MR) is 94.5 cm³/mol. The summed E-state index contributed by atoms with van der Waals surface area (Å²) in [5, 5.41) is 11.1. The molecule has 3 rings (SSSR count). The third-order valence-corrected chi connectivity index (χ3v) is 3.60. The zero-order valence-electron chi connectivity index (χ0n) is 13.7. The molecule has 0 spiro atoms. The molecule has 4 nitrogen and oxygen atoms in total. The number of fused-ring (bicyclic) bond motifs is 1. The number of aliphatic hydroxyl groups is 1. The number of hydrogen-bond donors (Lipinski definition) is 1. The quantitative estimate of drug-likeness (QED) is 0.801. The summed E-state index contributed by atoms with van der Waals surface area (Å²) in [5.41, 5.74) is 1.09. The maximum absolute atomic E-state index is 10.1. The SMILES string of the molecule is CN(CC(C)(C)O)c1nc(-c2ccccc2)nc2ccccc12. The smallest absolute Gasteiger partial charge is 0.162 e. The number of hydrogen-bond acceptors (Lipinski definition) is 4. The van der Waals surface area contributed by atoms with E-state index in [0.717, 1.165) is 22.3 Å². The third kappa shape index (κ3) is 3.48. The van der Waals surface area contributed by atoms with Gasteiger partial charge in [0.05, 0.1) is 11.1 Å². The summed E-state index contributed by atoms with van der Waals surface area (Å²) >= 11 is 0. The van der Waals surface area contributed by atoms with E-state index in [1.165, 1.54) is 0 Å². The Morgan fingerprint density at radius 2 is 1.61 bits per heavy atom. The van der Waals surface area contributed by atoms with Crippen LogP contribution in [-0.4, -0.2) is 34.3 Å². The average Bonchev–Trinajstić information content (AvgIpc) is 2.53. The van der Waals surface area contributed by atoms with Crippen molar-refractivity contribution in [3.8, 4) is 11.4 Å². The van der Waals surface area contributed by atoms with Crippen LogP contribution in [0.4, 0.5) is 5.82 Å². The second-order valence-corrected chi connectivity index (χ2v) is 6.42. The first-order chi connectivity index (χ1) is 10.9. The minimum absolute atomic E-state index is 0.488. The Labute approximate surface area is 136 Å². The molecule has 0 saturated carbocycles. The van der Waals surface area contributed by atoms with Gasteiger partial charge < -0.3 is 10.0 Å². The summed E-state index contributed by atoms with van der Waals surface area (Å²) in [4.78, 5) is 11.4. The monoisotopic (exact) mass is 307 g/mol. The molecule has 0 saturated heterocycles. The van der Waals surface area contributed by atoms with Crippen LogP contribution in [0.5, 0.6) is 0 Å². The van der Waals surface area contributed by atoms with Crippen molar-refractivity contribution in [1.29, 1.82) is 0 Å². The van der Waals surface area contributed by atoms with Crippen LogP contribution in [0.25, 0.3) is 22.3 Å². The van der Waals surface area contributed by atoms with E-state index in [-0.39, 0.29) is 0 Å². The van der Waals surface area contributed by atoms with Gasteiger partial charge in [0.2, 0.25) is 0 Å². The van der Waals surface area contributed by atoms with E-state index in [1.54, 1.807) is 13.8 Å². The molecular weight excluding hydrogens is 286 g/mol. The van der Waals surface area contributed by atoms with Gasteiger partial charge in [-0.05, 0) is 26.0 Å². The van der Waals surface area contributed by atoms with Crippen LogP contribution >= 0.6 is 0 Å². The summed E-state index contributed by atoms with van der Waals surface area (Å²) in [5.74, 6) is 1.53. The molecule has 1 N–H and O–H groups in total. The molecule has 2 aromatic carbocycles. The van der Waals surface area contributed by atoms with Gasteiger partial charge in [0.25, 0.3) is 0 Å². The van der Waals surface area contributed by atoms with Gasteiger partial charge >= 0.3 is 0 Å². The predicted octanol–water partition coefficient (Wildman–Crippen LogP) is 3.50. The van der Waals surface area contributed by atoms with Crippen molar-refractivity contribution in [2.24, 2.45) is 0 Å². The molecule has 118 valence electrons. The second-order valence-electron chi connectivity index (χ2n) is 6.42. The van der Waals surface area contributed by atoms with Crippen LogP contribution in [0.15, 0.2) is 54.6 Å². The van der Waals surface area contributed by atoms with Gasteiger partial charge in [-0.1, -0.05) is 42.5 Å². The first-order valence-electron chi connectivity index (χ1n) is 7.70. The maximum atomic E-state index is 10.1. The lowest BCUT2D eigenvalue weighted by Crippen LogP contribution is -2.36. The summed E-state index contributed by atoms with van der Waals surface area (Å²) in [6.45, 7) is 4.08. The van der Waals surface area contributed by atoms with Crippen LogP contribution in [-0.2, 0) is 0 Å². The highest BCUT2D eigenvalue weighted by molar-refractivity contribution is 5.91.